The zero-order valence-corrected chi connectivity index (χ0v) is 12.9. The predicted octanol–water partition coefficient (Wildman–Crippen LogP) is 3.10. The van der Waals surface area contributed by atoms with E-state index >= 15 is 0 Å². The molecule has 0 atom stereocenters. The third kappa shape index (κ3) is 2.75. The molecule has 5 nitrogen and oxygen atoms in total. The molecule has 0 radical (unpaired) electrons. The zero-order chi connectivity index (χ0) is 15.9. The van der Waals surface area contributed by atoms with Crippen molar-refractivity contribution in [3.63, 3.8) is 0 Å². The van der Waals surface area contributed by atoms with E-state index < -0.39 is 20.8 Å². The van der Waals surface area contributed by atoms with Gasteiger partial charge in [0.2, 0.25) is 0 Å². The summed E-state index contributed by atoms with van der Waals surface area (Å²) >= 11 is 0.887. The van der Waals surface area contributed by atoms with Gasteiger partial charge in [-0.05, 0) is 48.9 Å². The molecule has 0 aliphatic heterocycles. The summed E-state index contributed by atoms with van der Waals surface area (Å²) < 4.78 is 45.7. The first-order chi connectivity index (χ1) is 10.3. The maximum absolute atomic E-state index is 13.1. The molecule has 1 N–H and O–H groups in total. The molecule has 0 saturated heterocycles. The lowest BCUT2D eigenvalue weighted by molar-refractivity contribution is 0.585. The SMILES string of the molecule is Cc1cc(F)ccc1S(=O)(=O)Nc1ccc2oc(=O)sc2c1. The van der Waals surface area contributed by atoms with Gasteiger partial charge in [-0.25, -0.2) is 17.6 Å². The molecular weight excluding hydrogens is 329 g/mol. The smallest absolute Gasteiger partial charge is 0.396 e. The molecule has 0 amide bonds. The Morgan fingerprint density at radius 3 is 2.68 bits per heavy atom. The molecule has 8 heteroatoms. The van der Waals surface area contributed by atoms with Gasteiger partial charge in [-0.1, -0.05) is 11.3 Å². The van der Waals surface area contributed by atoms with Crippen LogP contribution in [0.1, 0.15) is 5.56 Å². The first-order valence-corrected chi connectivity index (χ1v) is 8.48. The molecule has 1 aromatic heterocycles. The number of nitrogens with one attached hydrogen (secondary N) is 1. The van der Waals surface area contributed by atoms with Gasteiger partial charge in [-0.15, -0.1) is 0 Å². The van der Waals surface area contributed by atoms with Crippen molar-refractivity contribution in [3.05, 3.63) is 57.5 Å². The highest BCUT2D eigenvalue weighted by molar-refractivity contribution is 7.92. The number of hydrogen-bond donors (Lipinski definition) is 1. The Labute approximate surface area is 129 Å². The van der Waals surface area contributed by atoms with Crippen molar-refractivity contribution in [1.29, 1.82) is 0 Å². The molecule has 0 unspecified atom stereocenters. The zero-order valence-electron chi connectivity index (χ0n) is 11.3. The van der Waals surface area contributed by atoms with Crippen molar-refractivity contribution in [1.82, 2.24) is 0 Å². The Morgan fingerprint density at radius 2 is 1.95 bits per heavy atom. The molecule has 0 fully saturated rings. The van der Waals surface area contributed by atoms with Crippen LogP contribution in [0, 0.1) is 12.7 Å². The summed E-state index contributed by atoms with van der Waals surface area (Å²) in [7, 11) is -3.84. The second kappa shape index (κ2) is 5.22. The number of sulfonamides is 1. The summed E-state index contributed by atoms with van der Waals surface area (Å²) in [6, 6.07) is 7.98. The first-order valence-electron chi connectivity index (χ1n) is 6.18. The molecule has 3 aromatic rings. The van der Waals surface area contributed by atoms with Gasteiger partial charge in [-0.3, -0.25) is 4.72 Å². The minimum Gasteiger partial charge on any atom is -0.414 e. The van der Waals surface area contributed by atoms with Gasteiger partial charge in [0.1, 0.15) is 11.4 Å². The maximum Gasteiger partial charge on any atom is 0.396 e. The van der Waals surface area contributed by atoms with Gasteiger partial charge in [-0.2, -0.15) is 0 Å². The van der Waals surface area contributed by atoms with E-state index in [0.29, 0.717) is 21.5 Å². The van der Waals surface area contributed by atoms with Crippen LogP contribution < -0.4 is 9.66 Å². The van der Waals surface area contributed by atoms with Gasteiger partial charge in [0.25, 0.3) is 10.0 Å². The molecule has 0 aliphatic carbocycles. The normalized spacial score (nSPS) is 11.7. The number of hydrogen-bond acceptors (Lipinski definition) is 5. The van der Waals surface area contributed by atoms with E-state index in [1.807, 2.05) is 0 Å². The van der Waals surface area contributed by atoms with E-state index in [2.05, 4.69) is 4.72 Å². The Hall–Kier alpha value is -2.19. The summed E-state index contributed by atoms with van der Waals surface area (Å²) in [5.74, 6) is -0.499. The van der Waals surface area contributed by atoms with Crippen LogP contribution in [0.3, 0.4) is 0 Å². The van der Waals surface area contributed by atoms with Crippen LogP contribution in [0.4, 0.5) is 10.1 Å². The molecule has 1 heterocycles. The van der Waals surface area contributed by atoms with Gasteiger partial charge >= 0.3 is 4.94 Å². The van der Waals surface area contributed by atoms with Crippen LogP contribution in [0.5, 0.6) is 0 Å². The lowest BCUT2D eigenvalue weighted by atomic mass is 10.2. The number of benzene rings is 2. The summed E-state index contributed by atoms with van der Waals surface area (Å²) in [5.41, 5.74) is 1.01. The molecule has 2 aromatic carbocycles. The average molecular weight is 339 g/mol. The van der Waals surface area contributed by atoms with E-state index in [4.69, 9.17) is 4.42 Å². The summed E-state index contributed by atoms with van der Waals surface area (Å²) in [6.07, 6.45) is 0. The highest BCUT2D eigenvalue weighted by atomic mass is 32.2. The second-order valence-corrected chi connectivity index (χ2v) is 7.26. The lowest BCUT2D eigenvalue weighted by Gasteiger charge is -2.10. The van der Waals surface area contributed by atoms with Crippen molar-refractivity contribution < 1.29 is 17.2 Å². The minimum atomic E-state index is -3.84. The third-order valence-corrected chi connectivity index (χ3v) is 5.34. The van der Waals surface area contributed by atoms with Crippen molar-refractivity contribution >= 4 is 37.3 Å². The van der Waals surface area contributed by atoms with Gasteiger partial charge in [0, 0.05) is 0 Å². The number of anilines is 1. The Balaban J connectivity index is 2.00. The number of halogens is 1. The van der Waals surface area contributed by atoms with Crippen LogP contribution in [0.2, 0.25) is 0 Å². The second-order valence-electron chi connectivity index (χ2n) is 4.63. The van der Waals surface area contributed by atoms with Crippen LogP contribution in [0.25, 0.3) is 10.3 Å². The molecule has 0 saturated carbocycles. The highest BCUT2D eigenvalue weighted by Crippen LogP contribution is 2.24. The van der Waals surface area contributed by atoms with Crippen LogP contribution in [0.15, 0.2) is 50.5 Å². The van der Waals surface area contributed by atoms with Crippen LogP contribution in [-0.4, -0.2) is 8.42 Å². The molecule has 0 spiro atoms. The van der Waals surface area contributed by atoms with Gasteiger partial charge < -0.3 is 4.42 Å². The van der Waals surface area contributed by atoms with E-state index in [0.717, 1.165) is 23.5 Å². The Morgan fingerprint density at radius 1 is 1.18 bits per heavy atom. The third-order valence-electron chi connectivity index (χ3n) is 3.01. The fourth-order valence-corrected chi connectivity index (χ4v) is 4.04. The Kier molecular flexibility index (Phi) is 3.50. The number of rotatable bonds is 3. The standard InChI is InChI=1S/C14H10FNO4S2/c1-8-6-9(15)2-5-13(8)22(18,19)16-10-3-4-11-12(7-10)21-14(17)20-11/h2-7,16H,1H3. The predicted molar refractivity (Wildman–Crippen MR) is 82.3 cm³/mol. The van der Waals surface area contributed by atoms with Crippen molar-refractivity contribution in [2.24, 2.45) is 0 Å². The fraction of sp³-hybridized carbons (Fsp3) is 0.0714. The first kappa shape index (κ1) is 14.7. The molecule has 22 heavy (non-hydrogen) atoms. The maximum atomic E-state index is 13.1. The average Bonchev–Trinajstić information content (AvgIpc) is 2.77. The van der Waals surface area contributed by atoms with Gasteiger partial charge in [0.05, 0.1) is 15.3 Å². The largest absolute Gasteiger partial charge is 0.414 e. The van der Waals surface area contributed by atoms with E-state index in [1.165, 1.54) is 31.2 Å². The van der Waals surface area contributed by atoms with Crippen LogP contribution in [-0.2, 0) is 10.0 Å². The van der Waals surface area contributed by atoms with Gasteiger partial charge in [0.15, 0.2) is 0 Å². The Bertz CT molecular complexity index is 1020. The number of aryl methyl sites for hydroxylation is 1. The molecular formula is C14H10FNO4S2. The summed E-state index contributed by atoms with van der Waals surface area (Å²) in [4.78, 5) is 10.7. The highest BCUT2D eigenvalue weighted by Gasteiger charge is 2.17. The fourth-order valence-electron chi connectivity index (χ4n) is 2.06. The van der Waals surface area contributed by atoms with E-state index in [1.54, 1.807) is 0 Å². The van der Waals surface area contributed by atoms with E-state index in [9.17, 15) is 17.6 Å². The van der Waals surface area contributed by atoms with Crippen molar-refractivity contribution in [3.8, 4) is 0 Å². The lowest BCUT2D eigenvalue weighted by Crippen LogP contribution is -2.14. The molecule has 114 valence electrons. The topological polar surface area (TPSA) is 76.4 Å². The summed E-state index contributed by atoms with van der Waals surface area (Å²) in [6.45, 7) is 1.52. The molecule has 0 bridgehead atoms. The quantitative estimate of drug-likeness (QED) is 0.795. The minimum absolute atomic E-state index is 0.00521. The van der Waals surface area contributed by atoms with Crippen LogP contribution >= 0.6 is 11.3 Å². The van der Waals surface area contributed by atoms with Crippen molar-refractivity contribution in [2.45, 2.75) is 11.8 Å². The monoisotopic (exact) mass is 339 g/mol. The molecule has 0 aliphatic rings. The van der Waals surface area contributed by atoms with E-state index in [-0.39, 0.29) is 4.90 Å². The number of fused-ring (bicyclic) bond motifs is 1. The molecule has 3 rings (SSSR count). The summed E-state index contributed by atoms with van der Waals surface area (Å²) in [5, 5.41) is 0. The van der Waals surface area contributed by atoms with Crippen molar-refractivity contribution in [2.75, 3.05) is 4.72 Å².